The quantitative estimate of drug-likeness (QED) is 0.346. The average molecular weight is 404 g/mol. The van der Waals surface area contributed by atoms with E-state index < -0.39 is 17.0 Å². The minimum atomic E-state index is -0.921. The maximum absolute atomic E-state index is 13.2. The summed E-state index contributed by atoms with van der Waals surface area (Å²) in [4.78, 5) is 23.7. The van der Waals surface area contributed by atoms with Gasteiger partial charge in [0.15, 0.2) is 6.17 Å². The first-order valence-electron chi connectivity index (χ1n) is 8.94. The number of carbonyl (C=O) groups is 1. The number of hydrogen-bond acceptors (Lipinski definition) is 7. The van der Waals surface area contributed by atoms with Crippen LogP contribution in [0.2, 0.25) is 0 Å². The summed E-state index contributed by atoms with van der Waals surface area (Å²) in [6.45, 7) is 0. The Morgan fingerprint density at radius 3 is 2.43 bits per heavy atom. The fraction of sp³-hybridized carbons (Fsp3) is 0.0476. The molecule has 3 aromatic rings. The molecular formula is C21H16N4O5. The molecule has 1 aliphatic rings. The number of hydrazone groups is 1. The van der Waals surface area contributed by atoms with Gasteiger partial charge in [-0.1, -0.05) is 30.3 Å². The van der Waals surface area contributed by atoms with Crippen LogP contribution >= 0.6 is 0 Å². The number of benzene rings is 3. The predicted molar refractivity (Wildman–Crippen MR) is 109 cm³/mol. The third kappa shape index (κ3) is 3.39. The van der Waals surface area contributed by atoms with E-state index >= 15 is 0 Å². The lowest BCUT2D eigenvalue weighted by Gasteiger charge is -2.34. The molecule has 0 aliphatic carbocycles. The van der Waals surface area contributed by atoms with E-state index in [4.69, 9.17) is 0 Å². The van der Waals surface area contributed by atoms with Gasteiger partial charge in [-0.25, -0.2) is 5.01 Å². The van der Waals surface area contributed by atoms with E-state index in [-0.39, 0.29) is 28.4 Å². The lowest BCUT2D eigenvalue weighted by Crippen LogP contribution is -2.39. The summed E-state index contributed by atoms with van der Waals surface area (Å²) in [6, 6.07) is 16.8. The number of para-hydroxylation sites is 2. The Balaban J connectivity index is 1.81. The van der Waals surface area contributed by atoms with Crippen molar-refractivity contribution in [3.63, 3.8) is 0 Å². The molecule has 0 saturated heterocycles. The first-order chi connectivity index (χ1) is 14.5. The number of carbonyl (C=O) groups excluding carboxylic acids is 1. The number of rotatable bonds is 4. The normalized spacial score (nSPS) is 15.7. The molecular weight excluding hydrogens is 388 g/mol. The van der Waals surface area contributed by atoms with Gasteiger partial charge in [0.2, 0.25) is 0 Å². The van der Waals surface area contributed by atoms with Crippen LogP contribution < -0.4 is 5.32 Å². The molecule has 1 atom stereocenters. The van der Waals surface area contributed by atoms with Gasteiger partial charge in [0.05, 0.1) is 22.4 Å². The van der Waals surface area contributed by atoms with Gasteiger partial charge in [-0.05, 0) is 24.3 Å². The summed E-state index contributed by atoms with van der Waals surface area (Å²) in [7, 11) is 0. The van der Waals surface area contributed by atoms with Crippen LogP contribution in [-0.4, -0.2) is 32.3 Å². The topological polar surface area (TPSA) is 128 Å². The smallest absolute Gasteiger partial charge is 0.278 e. The van der Waals surface area contributed by atoms with Gasteiger partial charge in [-0.2, -0.15) is 5.10 Å². The van der Waals surface area contributed by atoms with Crippen molar-refractivity contribution in [1.29, 1.82) is 0 Å². The number of fused-ring (bicyclic) bond motifs is 1. The highest BCUT2D eigenvalue weighted by atomic mass is 16.6. The van der Waals surface area contributed by atoms with Gasteiger partial charge < -0.3 is 15.5 Å². The molecule has 0 saturated carbocycles. The third-order valence-corrected chi connectivity index (χ3v) is 4.68. The average Bonchev–Trinajstić information content (AvgIpc) is 2.74. The fourth-order valence-electron chi connectivity index (χ4n) is 3.17. The second kappa shape index (κ2) is 7.55. The Morgan fingerprint density at radius 1 is 1.03 bits per heavy atom. The number of nitrogens with one attached hydrogen (secondary N) is 1. The van der Waals surface area contributed by atoms with Crippen LogP contribution in [0.3, 0.4) is 0 Å². The van der Waals surface area contributed by atoms with Crippen molar-refractivity contribution >= 4 is 23.5 Å². The van der Waals surface area contributed by atoms with Crippen molar-refractivity contribution in [2.24, 2.45) is 5.10 Å². The first-order valence-corrected chi connectivity index (χ1v) is 8.94. The Hall–Kier alpha value is -4.40. The van der Waals surface area contributed by atoms with Gasteiger partial charge in [0.1, 0.15) is 11.5 Å². The molecule has 30 heavy (non-hydrogen) atoms. The van der Waals surface area contributed by atoms with Crippen LogP contribution in [0.4, 0.5) is 11.4 Å². The summed E-state index contributed by atoms with van der Waals surface area (Å²) in [5.41, 5.74) is 1.04. The summed E-state index contributed by atoms with van der Waals surface area (Å²) in [6.07, 6.45) is 0.411. The second-order valence-corrected chi connectivity index (χ2v) is 6.55. The van der Waals surface area contributed by atoms with E-state index in [2.05, 4.69) is 10.4 Å². The number of nitrogens with zero attached hydrogens (tertiary/aromatic N) is 3. The molecule has 9 heteroatoms. The molecule has 3 N–H and O–H groups in total. The molecule has 0 radical (unpaired) electrons. The lowest BCUT2D eigenvalue weighted by molar-refractivity contribution is -0.384. The summed E-state index contributed by atoms with van der Waals surface area (Å²) >= 11 is 0. The molecule has 0 spiro atoms. The zero-order valence-corrected chi connectivity index (χ0v) is 15.5. The first kappa shape index (κ1) is 18.9. The van der Waals surface area contributed by atoms with Gasteiger partial charge in [-0.3, -0.25) is 14.9 Å². The van der Waals surface area contributed by atoms with E-state index in [1.165, 1.54) is 36.5 Å². The van der Waals surface area contributed by atoms with E-state index in [0.29, 0.717) is 11.1 Å². The van der Waals surface area contributed by atoms with Crippen LogP contribution in [0.25, 0.3) is 0 Å². The number of nitro benzene ring substituents is 1. The minimum Gasteiger partial charge on any atom is -0.508 e. The van der Waals surface area contributed by atoms with Crippen molar-refractivity contribution < 1.29 is 19.9 Å². The number of non-ortho nitro benzene ring substituents is 1. The van der Waals surface area contributed by atoms with E-state index in [9.17, 15) is 25.1 Å². The predicted octanol–water partition coefficient (Wildman–Crippen LogP) is 3.61. The standard InChI is InChI=1S/C21H16N4O5/c26-18-7-3-1-5-13(18)12-22-24-20(16-6-2-4-8-19(16)27)23-17-11-14(25(29)30)9-10-15(17)21(24)28/h1-12,20,23,26-27H/b22-12+/t20-/m1/s1. The Kier molecular flexibility index (Phi) is 4.77. The number of anilines is 1. The molecule has 1 heterocycles. The van der Waals surface area contributed by atoms with E-state index in [1.807, 2.05) is 0 Å². The molecule has 9 nitrogen and oxygen atoms in total. The summed E-state index contributed by atoms with van der Waals surface area (Å²) in [5.74, 6) is -0.591. The Bertz CT molecular complexity index is 1180. The minimum absolute atomic E-state index is 0.00574. The molecule has 3 aromatic carbocycles. The highest BCUT2D eigenvalue weighted by Crippen LogP contribution is 2.38. The van der Waals surface area contributed by atoms with Gasteiger partial charge in [-0.15, -0.1) is 0 Å². The number of aromatic hydroxyl groups is 2. The molecule has 0 unspecified atom stereocenters. The van der Waals surface area contributed by atoms with Crippen molar-refractivity contribution in [3.05, 3.63) is 93.5 Å². The second-order valence-electron chi connectivity index (χ2n) is 6.55. The van der Waals surface area contributed by atoms with Gasteiger partial charge in [0.25, 0.3) is 11.6 Å². The van der Waals surface area contributed by atoms with Crippen LogP contribution in [-0.2, 0) is 0 Å². The van der Waals surface area contributed by atoms with Crippen molar-refractivity contribution in [2.45, 2.75) is 6.17 Å². The SMILES string of the molecule is O=C1c2ccc([N+](=O)[O-])cc2N[C@@H](c2ccccc2O)N1/N=C/c1ccccc1O. The molecule has 0 aromatic heterocycles. The van der Waals surface area contributed by atoms with Crippen LogP contribution in [0.5, 0.6) is 11.5 Å². The Labute approximate surface area is 170 Å². The van der Waals surface area contributed by atoms with Crippen LogP contribution in [0.1, 0.15) is 27.7 Å². The monoisotopic (exact) mass is 404 g/mol. The zero-order chi connectivity index (χ0) is 21.3. The highest BCUT2D eigenvalue weighted by Gasteiger charge is 2.35. The van der Waals surface area contributed by atoms with E-state index in [0.717, 1.165) is 5.01 Å². The molecule has 4 rings (SSSR count). The lowest BCUT2D eigenvalue weighted by atomic mass is 10.0. The molecule has 0 bridgehead atoms. The molecule has 0 fully saturated rings. The van der Waals surface area contributed by atoms with Crippen LogP contribution in [0, 0.1) is 10.1 Å². The third-order valence-electron chi connectivity index (χ3n) is 4.68. The summed E-state index contributed by atoms with van der Waals surface area (Å²) in [5, 5.41) is 39.8. The van der Waals surface area contributed by atoms with E-state index in [1.54, 1.807) is 36.4 Å². The summed E-state index contributed by atoms with van der Waals surface area (Å²) < 4.78 is 0. The number of amides is 1. The fourth-order valence-corrected chi connectivity index (χ4v) is 3.17. The number of hydrogen-bond donors (Lipinski definition) is 3. The van der Waals surface area contributed by atoms with Crippen molar-refractivity contribution in [1.82, 2.24) is 5.01 Å². The zero-order valence-electron chi connectivity index (χ0n) is 15.5. The number of nitro groups is 1. The highest BCUT2D eigenvalue weighted by molar-refractivity contribution is 6.02. The van der Waals surface area contributed by atoms with Crippen molar-refractivity contribution in [2.75, 3.05) is 5.32 Å². The molecule has 1 amide bonds. The largest absolute Gasteiger partial charge is 0.508 e. The maximum Gasteiger partial charge on any atom is 0.278 e. The number of phenolic OH excluding ortho intramolecular Hbond substituents is 2. The van der Waals surface area contributed by atoms with Gasteiger partial charge >= 0.3 is 0 Å². The van der Waals surface area contributed by atoms with Crippen molar-refractivity contribution in [3.8, 4) is 11.5 Å². The van der Waals surface area contributed by atoms with Gasteiger partial charge in [0, 0.05) is 23.3 Å². The maximum atomic E-state index is 13.2. The number of phenols is 2. The molecule has 150 valence electrons. The Morgan fingerprint density at radius 2 is 1.73 bits per heavy atom. The van der Waals surface area contributed by atoms with Crippen LogP contribution in [0.15, 0.2) is 71.8 Å². The molecule has 1 aliphatic heterocycles.